The summed E-state index contributed by atoms with van der Waals surface area (Å²) >= 11 is 1.28. The quantitative estimate of drug-likeness (QED) is 0.481. The van der Waals surface area contributed by atoms with Crippen LogP contribution in [0.2, 0.25) is 0 Å². The van der Waals surface area contributed by atoms with Gasteiger partial charge in [-0.05, 0) is 30.3 Å². The summed E-state index contributed by atoms with van der Waals surface area (Å²) in [4.78, 5) is 28.3. The predicted octanol–water partition coefficient (Wildman–Crippen LogP) is 4.12. The molecule has 0 aliphatic carbocycles. The Labute approximate surface area is 183 Å². The van der Waals surface area contributed by atoms with Crippen LogP contribution in [0.25, 0.3) is 0 Å². The van der Waals surface area contributed by atoms with Gasteiger partial charge in [-0.2, -0.15) is 0 Å². The number of aromatic nitrogens is 1. The van der Waals surface area contributed by atoms with Gasteiger partial charge < -0.3 is 30.2 Å². The van der Waals surface area contributed by atoms with Gasteiger partial charge in [-0.3, -0.25) is 9.59 Å². The van der Waals surface area contributed by atoms with Crippen molar-refractivity contribution in [2.24, 2.45) is 0 Å². The second kappa shape index (κ2) is 9.81. The SMILES string of the molecule is COc1ccc(Nc2nc(C(=O)Nc3cc(NC(C)=O)ccc3OC)cs2)c(OC)c1. The summed E-state index contributed by atoms with van der Waals surface area (Å²) < 4.78 is 15.9. The Kier molecular flexibility index (Phi) is 6.93. The second-order valence-corrected chi connectivity index (χ2v) is 7.14. The molecule has 3 N–H and O–H groups in total. The zero-order valence-corrected chi connectivity index (χ0v) is 18.3. The third-order valence-corrected chi connectivity index (χ3v) is 4.91. The van der Waals surface area contributed by atoms with Crippen molar-refractivity contribution in [1.29, 1.82) is 0 Å². The van der Waals surface area contributed by atoms with Gasteiger partial charge in [0.25, 0.3) is 5.91 Å². The van der Waals surface area contributed by atoms with E-state index >= 15 is 0 Å². The van der Waals surface area contributed by atoms with Gasteiger partial charge in [0.2, 0.25) is 5.91 Å². The van der Waals surface area contributed by atoms with Crippen molar-refractivity contribution in [3.8, 4) is 17.2 Å². The number of benzene rings is 2. The molecule has 0 saturated heterocycles. The molecule has 0 unspecified atom stereocenters. The van der Waals surface area contributed by atoms with Crippen LogP contribution in [-0.2, 0) is 4.79 Å². The number of thiazole rings is 1. The summed E-state index contributed by atoms with van der Waals surface area (Å²) in [6, 6.07) is 10.3. The van der Waals surface area contributed by atoms with E-state index in [1.807, 2.05) is 0 Å². The maximum atomic E-state index is 12.7. The Morgan fingerprint density at radius 2 is 1.68 bits per heavy atom. The topological polar surface area (TPSA) is 111 Å². The highest BCUT2D eigenvalue weighted by Gasteiger charge is 2.15. The molecule has 9 nitrogen and oxygen atoms in total. The van der Waals surface area contributed by atoms with Crippen molar-refractivity contribution in [2.45, 2.75) is 6.92 Å². The van der Waals surface area contributed by atoms with Gasteiger partial charge in [-0.1, -0.05) is 0 Å². The molecular weight excluding hydrogens is 420 g/mol. The van der Waals surface area contributed by atoms with E-state index in [4.69, 9.17) is 14.2 Å². The number of carbonyl (C=O) groups excluding carboxylic acids is 2. The molecule has 31 heavy (non-hydrogen) atoms. The number of nitrogens with zero attached hydrogens (tertiary/aromatic N) is 1. The van der Waals surface area contributed by atoms with E-state index in [2.05, 4.69) is 20.9 Å². The Balaban J connectivity index is 1.76. The molecule has 0 radical (unpaired) electrons. The van der Waals surface area contributed by atoms with Crippen molar-refractivity contribution in [1.82, 2.24) is 4.98 Å². The van der Waals surface area contributed by atoms with E-state index in [0.717, 1.165) is 0 Å². The van der Waals surface area contributed by atoms with Gasteiger partial charge in [-0.25, -0.2) is 4.98 Å². The van der Waals surface area contributed by atoms with Crippen LogP contribution in [0, 0.1) is 0 Å². The van der Waals surface area contributed by atoms with Crippen LogP contribution < -0.4 is 30.2 Å². The number of rotatable bonds is 8. The largest absolute Gasteiger partial charge is 0.497 e. The summed E-state index contributed by atoms with van der Waals surface area (Å²) in [7, 11) is 4.63. The van der Waals surface area contributed by atoms with Crippen LogP contribution in [-0.4, -0.2) is 38.1 Å². The van der Waals surface area contributed by atoms with Crippen molar-refractivity contribution in [2.75, 3.05) is 37.3 Å². The Bertz CT molecular complexity index is 1100. The number of carbonyl (C=O) groups is 2. The van der Waals surface area contributed by atoms with Crippen molar-refractivity contribution < 1.29 is 23.8 Å². The third kappa shape index (κ3) is 5.43. The van der Waals surface area contributed by atoms with Gasteiger partial charge >= 0.3 is 0 Å². The zero-order chi connectivity index (χ0) is 22.4. The fourth-order valence-electron chi connectivity index (χ4n) is 2.73. The van der Waals surface area contributed by atoms with Gasteiger partial charge in [-0.15, -0.1) is 11.3 Å². The number of methoxy groups -OCH3 is 3. The van der Waals surface area contributed by atoms with Crippen LogP contribution in [0.5, 0.6) is 17.2 Å². The zero-order valence-electron chi connectivity index (χ0n) is 17.4. The highest BCUT2D eigenvalue weighted by molar-refractivity contribution is 7.14. The molecular formula is C21H22N4O5S. The minimum atomic E-state index is -0.413. The lowest BCUT2D eigenvalue weighted by molar-refractivity contribution is -0.114. The molecule has 10 heteroatoms. The number of hydrogen-bond donors (Lipinski definition) is 3. The smallest absolute Gasteiger partial charge is 0.275 e. The summed E-state index contributed by atoms with van der Waals surface area (Å²) in [6.45, 7) is 1.41. The first-order chi connectivity index (χ1) is 14.9. The summed E-state index contributed by atoms with van der Waals surface area (Å²) in [5.41, 5.74) is 1.87. The predicted molar refractivity (Wildman–Crippen MR) is 120 cm³/mol. The van der Waals surface area contributed by atoms with Crippen molar-refractivity contribution in [3.05, 3.63) is 47.5 Å². The average Bonchev–Trinajstić information content (AvgIpc) is 3.22. The van der Waals surface area contributed by atoms with E-state index in [9.17, 15) is 9.59 Å². The van der Waals surface area contributed by atoms with Gasteiger partial charge in [0, 0.05) is 24.1 Å². The normalized spacial score (nSPS) is 10.2. The Morgan fingerprint density at radius 3 is 2.35 bits per heavy atom. The molecule has 0 saturated carbocycles. The molecule has 0 aliphatic heterocycles. The summed E-state index contributed by atoms with van der Waals surface area (Å²) in [6.07, 6.45) is 0. The Hall–Kier alpha value is -3.79. The first kappa shape index (κ1) is 21.9. The molecule has 0 spiro atoms. The number of nitrogens with one attached hydrogen (secondary N) is 3. The molecule has 3 rings (SSSR count). The molecule has 1 heterocycles. The number of anilines is 4. The summed E-state index contributed by atoms with van der Waals surface area (Å²) in [5.74, 6) is 1.08. The first-order valence-corrected chi connectivity index (χ1v) is 10.0. The van der Waals surface area contributed by atoms with E-state index < -0.39 is 5.91 Å². The van der Waals surface area contributed by atoms with Crippen LogP contribution in [0.3, 0.4) is 0 Å². The third-order valence-electron chi connectivity index (χ3n) is 4.16. The van der Waals surface area contributed by atoms with E-state index in [0.29, 0.717) is 39.4 Å². The molecule has 0 aliphatic rings. The molecule has 3 aromatic rings. The lowest BCUT2D eigenvalue weighted by Gasteiger charge is -2.12. The Morgan fingerprint density at radius 1 is 0.903 bits per heavy atom. The average molecular weight is 442 g/mol. The van der Waals surface area contributed by atoms with Gasteiger partial charge in [0.15, 0.2) is 5.13 Å². The highest BCUT2D eigenvalue weighted by Crippen LogP contribution is 2.33. The monoisotopic (exact) mass is 442 g/mol. The fraction of sp³-hybridized carbons (Fsp3) is 0.190. The maximum absolute atomic E-state index is 12.7. The van der Waals surface area contributed by atoms with E-state index in [-0.39, 0.29) is 11.6 Å². The number of hydrogen-bond acceptors (Lipinski definition) is 8. The minimum Gasteiger partial charge on any atom is -0.497 e. The molecule has 162 valence electrons. The van der Waals surface area contributed by atoms with Crippen molar-refractivity contribution >= 4 is 45.3 Å². The molecule has 2 amide bonds. The molecule has 2 aromatic carbocycles. The molecule has 1 aromatic heterocycles. The standard InChI is InChI=1S/C21H22N4O5S/c1-12(26)22-13-5-8-18(29-3)16(9-13)23-20(27)17-11-31-21(25-17)24-15-7-6-14(28-2)10-19(15)30-4/h5-11H,1-4H3,(H,22,26)(H,23,27)(H,24,25). The van der Waals surface area contributed by atoms with Crippen molar-refractivity contribution in [3.63, 3.8) is 0 Å². The lowest BCUT2D eigenvalue weighted by Crippen LogP contribution is -2.14. The molecule has 0 bridgehead atoms. The molecule has 0 fully saturated rings. The summed E-state index contributed by atoms with van der Waals surface area (Å²) in [5, 5.41) is 10.7. The fourth-order valence-corrected chi connectivity index (χ4v) is 3.43. The van der Waals surface area contributed by atoms with Crippen LogP contribution in [0.1, 0.15) is 17.4 Å². The first-order valence-electron chi connectivity index (χ1n) is 9.15. The number of amides is 2. The van der Waals surface area contributed by atoms with Crippen LogP contribution in [0.15, 0.2) is 41.8 Å². The van der Waals surface area contributed by atoms with E-state index in [1.165, 1.54) is 25.4 Å². The van der Waals surface area contributed by atoms with E-state index in [1.54, 1.807) is 56.0 Å². The minimum absolute atomic E-state index is 0.216. The maximum Gasteiger partial charge on any atom is 0.275 e. The van der Waals surface area contributed by atoms with Crippen LogP contribution in [0.4, 0.5) is 22.2 Å². The van der Waals surface area contributed by atoms with Gasteiger partial charge in [0.1, 0.15) is 22.9 Å². The van der Waals surface area contributed by atoms with Gasteiger partial charge in [0.05, 0.1) is 32.7 Å². The number of ether oxygens (including phenoxy) is 3. The lowest BCUT2D eigenvalue weighted by atomic mass is 10.2. The molecule has 0 atom stereocenters. The highest BCUT2D eigenvalue weighted by atomic mass is 32.1. The van der Waals surface area contributed by atoms with Crippen LogP contribution >= 0.6 is 11.3 Å². The second-order valence-electron chi connectivity index (χ2n) is 6.28.